The first-order chi connectivity index (χ1) is 9.66. The third kappa shape index (κ3) is 2.15. The van der Waals surface area contributed by atoms with E-state index in [9.17, 15) is 13.6 Å². The third-order valence-corrected chi connectivity index (χ3v) is 3.44. The summed E-state index contributed by atoms with van der Waals surface area (Å²) in [6, 6.07) is 3.41. The highest BCUT2D eigenvalue weighted by Crippen LogP contribution is 2.23. The molecule has 1 atom stereocenters. The smallest absolute Gasteiger partial charge is 0.259 e. The molecule has 2 heterocycles. The minimum Gasteiger partial charge on any atom is -0.336 e. The molecule has 1 saturated heterocycles. The molecule has 0 spiro atoms. The molecule has 1 amide bonds. The van der Waals surface area contributed by atoms with Crippen LogP contribution in [0.5, 0.6) is 0 Å². The second-order valence-electron chi connectivity index (χ2n) is 4.67. The number of nitrogens with zero attached hydrogens (tertiary/aromatic N) is 4. The zero-order valence-corrected chi connectivity index (χ0v) is 10.5. The first-order valence-electron chi connectivity index (χ1n) is 6.26. The summed E-state index contributed by atoms with van der Waals surface area (Å²) in [5.74, 6) is -2.29. The SMILES string of the molecule is O=C(c1c(F)cccc1F)N1CCC(n2ccnn2)C1. The van der Waals surface area contributed by atoms with Crippen LogP contribution in [0.3, 0.4) is 0 Å². The molecular weight excluding hydrogens is 266 g/mol. The maximum absolute atomic E-state index is 13.6. The zero-order chi connectivity index (χ0) is 14.1. The Labute approximate surface area is 113 Å². The summed E-state index contributed by atoms with van der Waals surface area (Å²) in [7, 11) is 0. The Kier molecular flexibility index (Phi) is 3.17. The molecule has 0 aliphatic carbocycles. The highest BCUT2D eigenvalue weighted by atomic mass is 19.1. The fourth-order valence-electron chi connectivity index (χ4n) is 2.41. The number of aromatic nitrogens is 3. The van der Waals surface area contributed by atoms with Crippen LogP contribution >= 0.6 is 0 Å². The molecule has 5 nitrogen and oxygen atoms in total. The molecule has 1 aliphatic heterocycles. The van der Waals surface area contributed by atoms with E-state index in [4.69, 9.17) is 0 Å². The quantitative estimate of drug-likeness (QED) is 0.839. The van der Waals surface area contributed by atoms with Gasteiger partial charge in [-0.05, 0) is 18.6 Å². The average Bonchev–Trinajstić information content (AvgIpc) is 3.09. The summed E-state index contributed by atoms with van der Waals surface area (Å²) >= 11 is 0. The van der Waals surface area contributed by atoms with Gasteiger partial charge in [0.1, 0.15) is 17.2 Å². The van der Waals surface area contributed by atoms with Crippen LogP contribution in [0, 0.1) is 11.6 Å². The summed E-state index contributed by atoms with van der Waals surface area (Å²) in [6.07, 6.45) is 3.95. The Morgan fingerprint density at radius 2 is 2.05 bits per heavy atom. The summed E-state index contributed by atoms with van der Waals surface area (Å²) in [5.41, 5.74) is -0.494. The molecule has 7 heteroatoms. The molecule has 1 aliphatic rings. The van der Waals surface area contributed by atoms with E-state index in [0.29, 0.717) is 19.5 Å². The van der Waals surface area contributed by atoms with Crippen molar-refractivity contribution >= 4 is 5.91 Å². The van der Waals surface area contributed by atoms with Gasteiger partial charge in [0.05, 0.1) is 12.2 Å². The van der Waals surface area contributed by atoms with E-state index in [2.05, 4.69) is 10.3 Å². The second kappa shape index (κ2) is 4.99. The van der Waals surface area contributed by atoms with E-state index in [1.54, 1.807) is 17.1 Å². The Morgan fingerprint density at radius 3 is 2.70 bits per heavy atom. The normalized spacial score (nSPS) is 18.5. The van der Waals surface area contributed by atoms with Crippen LogP contribution in [-0.4, -0.2) is 38.9 Å². The van der Waals surface area contributed by atoms with E-state index >= 15 is 0 Å². The van der Waals surface area contributed by atoms with Gasteiger partial charge in [-0.2, -0.15) is 0 Å². The summed E-state index contributed by atoms with van der Waals surface area (Å²) in [6.45, 7) is 0.813. The molecule has 3 rings (SSSR count). The van der Waals surface area contributed by atoms with Crippen molar-refractivity contribution in [3.63, 3.8) is 0 Å². The maximum atomic E-state index is 13.6. The van der Waals surface area contributed by atoms with E-state index in [1.165, 1.54) is 11.0 Å². The first kappa shape index (κ1) is 12.7. The fourth-order valence-corrected chi connectivity index (χ4v) is 2.41. The molecule has 104 valence electrons. The zero-order valence-electron chi connectivity index (χ0n) is 10.5. The number of benzene rings is 1. The van der Waals surface area contributed by atoms with Crippen molar-refractivity contribution in [3.05, 3.63) is 47.8 Å². The number of carbonyl (C=O) groups excluding carboxylic acids is 1. The maximum Gasteiger partial charge on any atom is 0.259 e. The number of rotatable bonds is 2. The minimum atomic E-state index is -0.834. The van der Waals surface area contributed by atoms with E-state index in [1.807, 2.05) is 0 Å². The molecule has 0 saturated carbocycles. The Bertz CT molecular complexity index is 609. The van der Waals surface area contributed by atoms with Gasteiger partial charge in [-0.1, -0.05) is 11.3 Å². The van der Waals surface area contributed by atoms with Crippen molar-refractivity contribution < 1.29 is 13.6 Å². The average molecular weight is 278 g/mol. The van der Waals surface area contributed by atoms with Gasteiger partial charge in [-0.15, -0.1) is 5.10 Å². The van der Waals surface area contributed by atoms with Gasteiger partial charge < -0.3 is 4.90 Å². The van der Waals surface area contributed by atoms with Gasteiger partial charge in [0.25, 0.3) is 5.91 Å². The van der Waals surface area contributed by atoms with Gasteiger partial charge in [0.15, 0.2) is 0 Å². The van der Waals surface area contributed by atoms with Crippen LogP contribution < -0.4 is 0 Å². The highest BCUT2D eigenvalue weighted by molar-refractivity contribution is 5.95. The Balaban J connectivity index is 1.79. The van der Waals surface area contributed by atoms with Gasteiger partial charge in [-0.3, -0.25) is 4.79 Å². The lowest BCUT2D eigenvalue weighted by Crippen LogP contribution is -2.30. The molecule has 0 radical (unpaired) electrons. The van der Waals surface area contributed by atoms with Crippen molar-refractivity contribution in [1.82, 2.24) is 19.9 Å². The van der Waals surface area contributed by atoms with Crippen LogP contribution in [0.2, 0.25) is 0 Å². The minimum absolute atomic E-state index is 0.00344. The summed E-state index contributed by atoms with van der Waals surface area (Å²) < 4.78 is 28.9. The molecule has 0 bridgehead atoms. The number of likely N-dealkylation sites (tertiary alicyclic amines) is 1. The number of halogens is 2. The van der Waals surface area contributed by atoms with Gasteiger partial charge in [-0.25, -0.2) is 13.5 Å². The van der Waals surface area contributed by atoms with E-state index in [-0.39, 0.29) is 6.04 Å². The van der Waals surface area contributed by atoms with E-state index < -0.39 is 23.1 Å². The van der Waals surface area contributed by atoms with Crippen molar-refractivity contribution in [3.8, 4) is 0 Å². The van der Waals surface area contributed by atoms with Gasteiger partial charge in [0.2, 0.25) is 0 Å². The lowest BCUT2D eigenvalue weighted by atomic mass is 10.1. The molecule has 20 heavy (non-hydrogen) atoms. The molecule has 1 aromatic heterocycles. The summed E-state index contributed by atoms with van der Waals surface area (Å²) in [5, 5.41) is 7.59. The third-order valence-electron chi connectivity index (χ3n) is 3.44. The molecule has 1 unspecified atom stereocenters. The standard InChI is InChI=1S/C13H12F2N4O/c14-10-2-1-3-11(15)12(10)13(20)18-6-4-9(8-18)19-7-5-16-17-19/h1-3,5,7,9H,4,6,8H2. The topological polar surface area (TPSA) is 51.0 Å². The number of amides is 1. The molecule has 1 aromatic carbocycles. The number of hydrogen-bond donors (Lipinski definition) is 0. The van der Waals surface area contributed by atoms with Crippen LogP contribution in [0.1, 0.15) is 22.8 Å². The highest BCUT2D eigenvalue weighted by Gasteiger charge is 2.31. The fraction of sp³-hybridized carbons (Fsp3) is 0.308. The molecular formula is C13H12F2N4O. The van der Waals surface area contributed by atoms with Crippen molar-refractivity contribution in [2.75, 3.05) is 13.1 Å². The number of carbonyl (C=O) groups is 1. The van der Waals surface area contributed by atoms with Crippen LogP contribution in [-0.2, 0) is 0 Å². The molecule has 2 aromatic rings. The molecule has 1 fully saturated rings. The monoisotopic (exact) mass is 278 g/mol. The van der Waals surface area contributed by atoms with E-state index in [0.717, 1.165) is 12.1 Å². The van der Waals surface area contributed by atoms with Crippen molar-refractivity contribution in [2.24, 2.45) is 0 Å². The summed E-state index contributed by atoms with van der Waals surface area (Å²) in [4.78, 5) is 13.6. The van der Waals surface area contributed by atoms with Crippen LogP contribution in [0.15, 0.2) is 30.6 Å². The predicted octanol–water partition coefficient (Wildman–Crippen LogP) is 1.64. The largest absolute Gasteiger partial charge is 0.336 e. The lowest BCUT2D eigenvalue weighted by Gasteiger charge is -2.17. The van der Waals surface area contributed by atoms with Crippen molar-refractivity contribution in [1.29, 1.82) is 0 Å². The predicted molar refractivity (Wildman–Crippen MR) is 65.9 cm³/mol. The molecule has 0 N–H and O–H groups in total. The van der Waals surface area contributed by atoms with Crippen LogP contribution in [0.4, 0.5) is 8.78 Å². The van der Waals surface area contributed by atoms with Gasteiger partial charge in [0, 0.05) is 19.3 Å². The Morgan fingerprint density at radius 1 is 1.30 bits per heavy atom. The Hall–Kier alpha value is -2.31. The lowest BCUT2D eigenvalue weighted by molar-refractivity contribution is 0.0777. The second-order valence-corrected chi connectivity index (χ2v) is 4.67. The van der Waals surface area contributed by atoms with Gasteiger partial charge >= 0.3 is 0 Å². The van der Waals surface area contributed by atoms with Crippen molar-refractivity contribution in [2.45, 2.75) is 12.5 Å². The number of hydrogen-bond acceptors (Lipinski definition) is 3. The first-order valence-corrected chi connectivity index (χ1v) is 6.26. The van der Waals surface area contributed by atoms with Crippen LogP contribution in [0.25, 0.3) is 0 Å².